The van der Waals surface area contributed by atoms with Gasteiger partial charge in [0.15, 0.2) is 5.72 Å². The van der Waals surface area contributed by atoms with E-state index in [0.717, 1.165) is 11.1 Å². The number of nitrogen functional groups attached to an aromatic ring is 1. The molecule has 5 N–H and O–H groups in total. The Morgan fingerprint density at radius 2 is 2.04 bits per heavy atom. The molecule has 2 aromatic heterocycles. The summed E-state index contributed by atoms with van der Waals surface area (Å²) in [5.41, 5.74) is 5.72. The van der Waals surface area contributed by atoms with Crippen LogP contribution in [-0.4, -0.2) is 54.3 Å². The SMILES string of the molecule is Nc1ncnc2c1c(-c1ccccc1)cn2[C@@]12CC1(O)C(O)[C@@H](CO)O2. The summed E-state index contributed by atoms with van der Waals surface area (Å²) >= 11 is 0. The predicted octanol–water partition coefficient (Wildman–Crippen LogP) is 0.220. The molecular weight excluding hydrogens is 336 g/mol. The summed E-state index contributed by atoms with van der Waals surface area (Å²) in [5, 5.41) is 31.3. The molecule has 0 bridgehead atoms. The fraction of sp³-hybridized carbons (Fsp3) is 0.333. The lowest BCUT2D eigenvalue weighted by molar-refractivity contribution is -0.0857. The topological polar surface area (TPSA) is 127 Å². The van der Waals surface area contributed by atoms with E-state index < -0.39 is 23.5 Å². The Morgan fingerprint density at radius 3 is 2.73 bits per heavy atom. The highest BCUT2D eigenvalue weighted by Crippen LogP contribution is 2.64. The number of ether oxygens (including phenoxy) is 1. The zero-order chi connectivity index (χ0) is 18.1. The molecule has 8 nitrogen and oxygen atoms in total. The number of aliphatic hydroxyl groups excluding tert-OH is 2. The van der Waals surface area contributed by atoms with Gasteiger partial charge in [0, 0.05) is 18.2 Å². The first kappa shape index (κ1) is 15.7. The van der Waals surface area contributed by atoms with E-state index in [-0.39, 0.29) is 13.0 Å². The van der Waals surface area contributed by atoms with Gasteiger partial charge in [0.05, 0.1) is 12.0 Å². The van der Waals surface area contributed by atoms with Crippen LogP contribution in [0.5, 0.6) is 0 Å². The van der Waals surface area contributed by atoms with E-state index in [9.17, 15) is 15.3 Å². The van der Waals surface area contributed by atoms with Gasteiger partial charge in [-0.25, -0.2) is 9.97 Å². The summed E-state index contributed by atoms with van der Waals surface area (Å²) in [6, 6.07) is 9.65. The van der Waals surface area contributed by atoms with E-state index in [4.69, 9.17) is 10.5 Å². The highest BCUT2D eigenvalue weighted by atomic mass is 16.6. The van der Waals surface area contributed by atoms with Gasteiger partial charge in [-0.2, -0.15) is 0 Å². The van der Waals surface area contributed by atoms with Gasteiger partial charge in [-0.15, -0.1) is 0 Å². The van der Waals surface area contributed by atoms with Crippen molar-refractivity contribution < 1.29 is 20.1 Å². The van der Waals surface area contributed by atoms with Gasteiger partial charge in [-0.1, -0.05) is 30.3 Å². The molecule has 5 rings (SSSR count). The van der Waals surface area contributed by atoms with Crippen LogP contribution in [0.15, 0.2) is 42.9 Å². The predicted molar refractivity (Wildman–Crippen MR) is 92.9 cm³/mol. The summed E-state index contributed by atoms with van der Waals surface area (Å²) in [5.74, 6) is 0.324. The Bertz CT molecular complexity index is 1010. The van der Waals surface area contributed by atoms with Crippen LogP contribution in [0.25, 0.3) is 22.2 Å². The van der Waals surface area contributed by atoms with Crippen molar-refractivity contribution >= 4 is 16.9 Å². The molecular formula is C18H18N4O4. The minimum absolute atomic E-state index is 0.208. The van der Waals surface area contributed by atoms with Gasteiger partial charge >= 0.3 is 0 Å². The summed E-state index contributed by atoms with van der Waals surface area (Å²) in [7, 11) is 0. The Hall–Kier alpha value is -2.52. The Kier molecular flexibility index (Phi) is 3.03. The number of aliphatic hydroxyl groups is 3. The van der Waals surface area contributed by atoms with Crippen molar-refractivity contribution in [1.82, 2.24) is 14.5 Å². The largest absolute Gasteiger partial charge is 0.394 e. The first-order valence-electron chi connectivity index (χ1n) is 8.38. The maximum atomic E-state index is 10.9. The number of nitrogens with zero attached hydrogens (tertiary/aromatic N) is 3. The third kappa shape index (κ3) is 1.76. The average Bonchev–Trinajstić information content (AvgIpc) is 2.97. The Balaban J connectivity index is 1.75. The molecule has 1 saturated carbocycles. The molecule has 1 aromatic carbocycles. The highest BCUT2D eigenvalue weighted by molar-refractivity contribution is 6.00. The van der Waals surface area contributed by atoms with E-state index in [1.807, 2.05) is 36.5 Å². The lowest BCUT2D eigenvalue weighted by Crippen LogP contribution is -2.37. The van der Waals surface area contributed by atoms with Crippen molar-refractivity contribution in [2.75, 3.05) is 12.3 Å². The molecule has 0 spiro atoms. The number of nitrogens with two attached hydrogens (primary N) is 1. The summed E-state index contributed by atoms with van der Waals surface area (Å²) in [4.78, 5) is 8.44. The van der Waals surface area contributed by atoms with Crippen molar-refractivity contribution in [3.8, 4) is 11.1 Å². The molecule has 1 saturated heterocycles. The van der Waals surface area contributed by atoms with Crippen LogP contribution >= 0.6 is 0 Å². The Labute approximate surface area is 148 Å². The monoisotopic (exact) mass is 354 g/mol. The fourth-order valence-corrected chi connectivity index (χ4v) is 4.11. The third-order valence-corrected chi connectivity index (χ3v) is 5.51. The standard InChI is InChI=1S/C18H18N4O4/c19-15-13-11(10-4-2-1-3-5-10)6-22(16(13)21-9-20-15)18-8-17(18,25)14(24)12(7-23)26-18/h1-6,9,12,14,23-25H,7-8H2,(H2,19,20,21)/t12-,14?,17?,18-/m1/s1. The molecule has 3 aromatic rings. The second-order valence-electron chi connectivity index (χ2n) is 6.91. The van der Waals surface area contributed by atoms with Gasteiger partial charge in [0.2, 0.25) is 0 Å². The number of hydrogen-bond donors (Lipinski definition) is 4. The first-order chi connectivity index (χ1) is 12.5. The van der Waals surface area contributed by atoms with Crippen LogP contribution in [0.4, 0.5) is 5.82 Å². The van der Waals surface area contributed by atoms with Gasteiger partial charge < -0.3 is 25.8 Å². The zero-order valence-corrected chi connectivity index (χ0v) is 13.8. The van der Waals surface area contributed by atoms with Crippen molar-refractivity contribution in [3.63, 3.8) is 0 Å². The number of benzene rings is 1. The quantitative estimate of drug-likeness (QED) is 0.530. The van der Waals surface area contributed by atoms with Crippen LogP contribution in [0.3, 0.4) is 0 Å². The van der Waals surface area contributed by atoms with Crippen molar-refractivity contribution in [2.24, 2.45) is 0 Å². The van der Waals surface area contributed by atoms with Gasteiger partial charge in [-0.3, -0.25) is 4.57 Å². The minimum Gasteiger partial charge on any atom is -0.394 e. The molecule has 26 heavy (non-hydrogen) atoms. The van der Waals surface area contributed by atoms with Crippen molar-refractivity contribution in [3.05, 3.63) is 42.9 Å². The maximum absolute atomic E-state index is 10.9. The van der Waals surface area contributed by atoms with Crippen molar-refractivity contribution in [2.45, 2.75) is 30.0 Å². The van der Waals surface area contributed by atoms with E-state index >= 15 is 0 Å². The molecule has 0 amide bonds. The van der Waals surface area contributed by atoms with E-state index in [2.05, 4.69) is 9.97 Å². The van der Waals surface area contributed by atoms with E-state index in [0.29, 0.717) is 16.9 Å². The molecule has 0 radical (unpaired) electrons. The molecule has 2 unspecified atom stereocenters. The van der Waals surface area contributed by atoms with Crippen LogP contribution in [-0.2, 0) is 10.5 Å². The normalized spacial score (nSPS) is 32.7. The number of rotatable bonds is 3. The fourth-order valence-electron chi connectivity index (χ4n) is 4.11. The maximum Gasteiger partial charge on any atom is 0.181 e. The highest BCUT2D eigenvalue weighted by Gasteiger charge is 2.80. The molecule has 4 atom stereocenters. The molecule has 2 aliphatic rings. The zero-order valence-electron chi connectivity index (χ0n) is 13.8. The van der Waals surface area contributed by atoms with Crippen LogP contribution < -0.4 is 5.73 Å². The second-order valence-corrected chi connectivity index (χ2v) is 6.91. The van der Waals surface area contributed by atoms with Gasteiger partial charge in [0.1, 0.15) is 35.6 Å². The number of hydrogen-bond acceptors (Lipinski definition) is 7. The lowest BCUT2D eigenvalue weighted by atomic mass is 10.1. The van der Waals surface area contributed by atoms with E-state index in [1.54, 1.807) is 4.57 Å². The van der Waals surface area contributed by atoms with Gasteiger partial charge in [0.25, 0.3) is 0 Å². The van der Waals surface area contributed by atoms with E-state index in [1.165, 1.54) is 6.33 Å². The lowest BCUT2D eigenvalue weighted by Gasteiger charge is -2.19. The molecule has 8 heteroatoms. The Morgan fingerprint density at radius 1 is 1.27 bits per heavy atom. The first-order valence-corrected chi connectivity index (χ1v) is 8.38. The summed E-state index contributed by atoms with van der Waals surface area (Å²) in [6.07, 6.45) is 1.35. The third-order valence-electron chi connectivity index (χ3n) is 5.51. The van der Waals surface area contributed by atoms with Gasteiger partial charge in [-0.05, 0) is 5.56 Å². The number of anilines is 1. The average molecular weight is 354 g/mol. The molecule has 3 heterocycles. The van der Waals surface area contributed by atoms with Crippen molar-refractivity contribution in [1.29, 1.82) is 0 Å². The molecule has 1 aliphatic carbocycles. The summed E-state index contributed by atoms with van der Waals surface area (Å²) in [6.45, 7) is -0.382. The van der Waals surface area contributed by atoms with Crippen LogP contribution in [0.1, 0.15) is 6.42 Å². The number of fused-ring (bicyclic) bond motifs is 2. The smallest absolute Gasteiger partial charge is 0.181 e. The molecule has 1 aliphatic heterocycles. The second kappa shape index (κ2) is 5.01. The number of aromatic nitrogens is 3. The molecule has 2 fully saturated rings. The minimum atomic E-state index is -1.47. The molecule has 134 valence electrons. The van der Waals surface area contributed by atoms with Crippen LogP contribution in [0, 0.1) is 0 Å². The summed E-state index contributed by atoms with van der Waals surface area (Å²) < 4.78 is 7.59. The van der Waals surface area contributed by atoms with Crippen LogP contribution in [0.2, 0.25) is 0 Å².